The fraction of sp³-hybridized carbons (Fsp3) is 0.765. The molecule has 0 fully saturated rings. The average molecular weight is 249 g/mol. The Morgan fingerprint density at radius 3 is 2.11 bits per heavy atom. The molecule has 2 atom stereocenters. The largest absolute Gasteiger partial charge is 0.309 e. The minimum absolute atomic E-state index is 0.319. The minimum atomic E-state index is 0.319. The molecule has 1 nitrogen and oxygen atoms in total. The lowest BCUT2D eigenvalue weighted by atomic mass is 9.62. The van der Waals surface area contributed by atoms with E-state index in [1.807, 2.05) is 0 Å². The van der Waals surface area contributed by atoms with Crippen LogP contribution in [0.2, 0.25) is 0 Å². The van der Waals surface area contributed by atoms with Crippen LogP contribution in [0.3, 0.4) is 0 Å². The quantitative estimate of drug-likeness (QED) is 0.641. The van der Waals surface area contributed by atoms with Crippen molar-refractivity contribution in [3.63, 3.8) is 0 Å². The second-order valence-corrected chi connectivity index (χ2v) is 6.16. The molecule has 0 aromatic carbocycles. The molecule has 0 aromatic heterocycles. The molecule has 0 spiro atoms. The lowest BCUT2D eigenvalue weighted by Crippen LogP contribution is -2.35. The van der Waals surface area contributed by atoms with E-state index in [0.717, 1.165) is 18.4 Å². The predicted molar refractivity (Wildman–Crippen MR) is 81.7 cm³/mol. The third-order valence-electron chi connectivity index (χ3n) is 4.91. The molecule has 0 heterocycles. The van der Waals surface area contributed by atoms with Crippen LogP contribution in [0.1, 0.15) is 47.0 Å². The van der Waals surface area contributed by atoms with E-state index in [4.69, 9.17) is 0 Å². The summed E-state index contributed by atoms with van der Waals surface area (Å²) in [6.07, 6.45) is 10.9. The summed E-state index contributed by atoms with van der Waals surface area (Å²) < 4.78 is 0. The van der Waals surface area contributed by atoms with Gasteiger partial charge >= 0.3 is 0 Å². The summed E-state index contributed by atoms with van der Waals surface area (Å²) >= 11 is 0. The van der Waals surface area contributed by atoms with Crippen LogP contribution in [0.15, 0.2) is 23.8 Å². The summed E-state index contributed by atoms with van der Waals surface area (Å²) in [6.45, 7) is 10.6. The van der Waals surface area contributed by atoms with Gasteiger partial charge in [0.1, 0.15) is 0 Å². The van der Waals surface area contributed by atoms with Crippen molar-refractivity contribution in [2.75, 3.05) is 20.6 Å². The molecule has 1 rings (SSSR count). The van der Waals surface area contributed by atoms with Crippen LogP contribution >= 0.6 is 0 Å². The third-order valence-corrected chi connectivity index (χ3v) is 4.91. The molecule has 0 saturated heterocycles. The summed E-state index contributed by atoms with van der Waals surface area (Å²) in [7, 11) is 4.33. The molecule has 0 bridgehead atoms. The van der Waals surface area contributed by atoms with Gasteiger partial charge < -0.3 is 4.90 Å². The standard InChI is InChI=1S/C17H31N/c1-7-14(3)17(15(4)8-2)12-9-10-16(17)11-13-18(5)6/h9-10,12,14-15H,7-8,11,13H2,1-6H3. The molecule has 0 aromatic rings. The second kappa shape index (κ2) is 6.56. The van der Waals surface area contributed by atoms with Crippen molar-refractivity contribution >= 4 is 0 Å². The Morgan fingerprint density at radius 2 is 1.67 bits per heavy atom. The molecule has 0 amide bonds. The van der Waals surface area contributed by atoms with Crippen LogP contribution in [0.5, 0.6) is 0 Å². The lowest BCUT2D eigenvalue weighted by Gasteiger charge is -2.42. The van der Waals surface area contributed by atoms with Crippen molar-refractivity contribution in [2.24, 2.45) is 17.3 Å². The topological polar surface area (TPSA) is 3.24 Å². The smallest absolute Gasteiger partial charge is 0.0148 e. The Hall–Kier alpha value is -0.560. The van der Waals surface area contributed by atoms with E-state index in [1.165, 1.54) is 19.3 Å². The molecule has 0 N–H and O–H groups in total. The molecule has 0 saturated carbocycles. The van der Waals surface area contributed by atoms with Gasteiger partial charge in [0.25, 0.3) is 0 Å². The van der Waals surface area contributed by atoms with Crippen LogP contribution in [-0.2, 0) is 0 Å². The maximum Gasteiger partial charge on any atom is 0.0148 e. The van der Waals surface area contributed by atoms with Gasteiger partial charge in [-0.1, -0.05) is 64.3 Å². The van der Waals surface area contributed by atoms with Gasteiger partial charge in [0, 0.05) is 12.0 Å². The lowest BCUT2D eigenvalue weighted by molar-refractivity contribution is 0.185. The zero-order valence-corrected chi connectivity index (χ0v) is 13.2. The number of rotatable bonds is 7. The zero-order chi connectivity index (χ0) is 13.8. The highest BCUT2D eigenvalue weighted by molar-refractivity contribution is 5.36. The summed E-state index contributed by atoms with van der Waals surface area (Å²) in [5.41, 5.74) is 1.97. The highest BCUT2D eigenvalue weighted by Crippen LogP contribution is 2.50. The molecular weight excluding hydrogens is 218 g/mol. The van der Waals surface area contributed by atoms with Gasteiger partial charge in [0.2, 0.25) is 0 Å². The van der Waals surface area contributed by atoms with E-state index >= 15 is 0 Å². The Balaban J connectivity index is 2.95. The Bertz CT molecular complexity index is 302. The molecule has 18 heavy (non-hydrogen) atoms. The van der Waals surface area contributed by atoms with Crippen molar-refractivity contribution in [1.29, 1.82) is 0 Å². The predicted octanol–water partition coefficient (Wildman–Crippen LogP) is 4.51. The van der Waals surface area contributed by atoms with Crippen LogP contribution in [0.4, 0.5) is 0 Å². The van der Waals surface area contributed by atoms with Crippen LogP contribution in [0, 0.1) is 17.3 Å². The number of hydrogen-bond donors (Lipinski definition) is 0. The molecule has 1 aliphatic rings. The SMILES string of the molecule is CCC(C)C1(C(C)CC)C=CC=C1CCN(C)C. The van der Waals surface area contributed by atoms with Crippen LogP contribution < -0.4 is 0 Å². The maximum absolute atomic E-state index is 2.49. The Kier molecular flexibility index (Phi) is 5.65. The highest BCUT2D eigenvalue weighted by Gasteiger charge is 2.41. The van der Waals surface area contributed by atoms with E-state index in [1.54, 1.807) is 5.57 Å². The molecule has 2 unspecified atom stereocenters. The second-order valence-electron chi connectivity index (χ2n) is 6.16. The monoisotopic (exact) mass is 249 g/mol. The van der Waals surface area contributed by atoms with Gasteiger partial charge in [-0.3, -0.25) is 0 Å². The molecule has 0 radical (unpaired) electrons. The summed E-state index contributed by atoms with van der Waals surface area (Å²) in [6, 6.07) is 0. The van der Waals surface area contributed by atoms with Crippen molar-refractivity contribution in [1.82, 2.24) is 4.90 Å². The third kappa shape index (κ3) is 2.88. The van der Waals surface area contributed by atoms with Crippen molar-refractivity contribution in [3.05, 3.63) is 23.8 Å². The van der Waals surface area contributed by atoms with Gasteiger partial charge in [-0.05, 0) is 32.4 Å². The fourth-order valence-corrected chi connectivity index (χ4v) is 3.34. The number of allylic oxidation sites excluding steroid dienone is 3. The van der Waals surface area contributed by atoms with Gasteiger partial charge in [0.15, 0.2) is 0 Å². The first-order chi connectivity index (χ1) is 8.48. The first-order valence-corrected chi connectivity index (χ1v) is 7.52. The summed E-state index contributed by atoms with van der Waals surface area (Å²) in [5.74, 6) is 1.47. The van der Waals surface area contributed by atoms with E-state index in [0.29, 0.717) is 5.41 Å². The Morgan fingerprint density at radius 1 is 1.11 bits per heavy atom. The fourth-order valence-electron chi connectivity index (χ4n) is 3.34. The van der Waals surface area contributed by atoms with Crippen molar-refractivity contribution < 1.29 is 0 Å². The summed E-state index contributed by atoms with van der Waals surface area (Å²) in [4.78, 5) is 2.29. The van der Waals surface area contributed by atoms with Crippen LogP contribution in [-0.4, -0.2) is 25.5 Å². The van der Waals surface area contributed by atoms with Crippen molar-refractivity contribution in [3.8, 4) is 0 Å². The van der Waals surface area contributed by atoms with Gasteiger partial charge in [-0.25, -0.2) is 0 Å². The first-order valence-electron chi connectivity index (χ1n) is 7.52. The highest BCUT2D eigenvalue weighted by atomic mass is 15.0. The number of nitrogens with zero attached hydrogens (tertiary/aromatic N) is 1. The van der Waals surface area contributed by atoms with Gasteiger partial charge in [0.05, 0.1) is 0 Å². The van der Waals surface area contributed by atoms with E-state index in [2.05, 4.69) is 64.9 Å². The normalized spacial score (nSPS) is 26.5. The maximum atomic E-state index is 2.49. The summed E-state index contributed by atoms with van der Waals surface area (Å²) in [5, 5.41) is 0. The van der Waals surface area contributed by atoms with Gasteiger partial charge in [-0.15, -0.1) is 0 Å². The van der Waals surface area contributed by atoms with Crippen molar-refractivity contribution in [2.45, 2.75) is 47.0 Å². The number of hydrogen-bond acceptors (Lipinski definition) is 1. The average Bonchev–Trinajstić information content (AvgIpc) is 2.79. The molecule has 1 aliphatic carbocycles. The van der Waals surface area contributed by atoms with E-state index < -0.39 is 0 Å². The van der Waals surface area contributed by atoms with Gasteiger partial charge in [-0.2, -0.15) is 0 Å². The molecule has 1 heteroatoms. The molecule has 104 valence electrons. The van der Waals surface area contributed by atoms with E-state index in [9.17, 15) is 0 Å². The molecule has 0 aliphatic heterocycles. The first kappa shape index (κ1) is 15.5. The molecular formula is C17H31N. The zero-order valence-electron chi connectivity index (χ0n) is 13.2. The van der Waals surface area contributed by atoms with Crippen LogP contribution in [0.25, 0.3) is 0 Å². The minimum Gasteiger partial charge on any atom is -0.309 e. The van der Waals surface area contributed by atoms with E-state index in [-0.39, 0.29) is 0 Å². The Labute approximate surface area is 114 Å².